The summed E-state index contributed by atoms with van der Waals surface area (Å²) in [5.74, 6) is 0.231. The van der Waals surface area contributed by atoms with Crippen LogP contribution in [0.5, 0.6) is 0 Å². The molecule has 0 aliphatic heterocycles. The fraction of sp³-hybridized carbons (Fsp3) is 0.300. The summed E-state index contributed by atoms with van der Waals surface area (Å²) in [5.41, 5.74) is 0.453. The first-order valence-corrected chi connectivity index (χ1v) is 5.47. The van der Waals surface area contributed by atoms with Gasteiger partial charge in [-0.1, -0.05) is 13.8 Å². The lowest BCUT2D eigenvalue weighted by Gasteiger charge is -2.08. The standard InChI is InChI=1S/C10H11N3O2S/c1-6(2)16-8-3-9(13-10(14)15)12-5-7(8)4-11/h3,5-6H,1-2H3,(H,12,13)(H,14,15). The maximum Gasteiger partial charge on any atom is 0.410 e. The molecule has 1 heterocycles. The van der Waals surface area contributed by atoms with Crippen LogP contribution in [0, 0.1) is 11.3 Å². The van der Waals surface area contributed by atoms with Crippen LogP contribution in [0.15, 0.2) is 17.2 Å². The SMILES string of the molecule is CC(C)Sc1cc(NC(=O)O)ncc1C#N. The Labute approximate surface area is 97.5 Å². The molecule has 0 aliphatic carbocycles. The summed E-state index contributed by atoms with van der Waals surface area (Å²) < 4.78 is 0. The molecule has 2 N–H and O–H groups in total. The molecule has 5 nitrogen and oxygen atoms in total. The number of thioether (sulfide) groups is 1. The molecule has 1 amide bonds. The Hall–Kier alpha value is -1.74. The fourth-order valence-corrected chi connectivity index (χ4v) is 1.96. The molecule has 0 atom stereocenters. The average Bonchev–Trinajstić information content (AvgIpc) is 2.16. The van der Waals surface area contributed by atoms with Crippen molar-refractivity contribution in [2.24, 2.45) is 0 Å². The molecule has 0 fully saturated rings. The van der Waals surface area contributed by atoms with Gasteiger partial charge in [0, 0.05) is 16.3 Å². The van der Waals surface area contributed by atoms with Gasteiger partial charge in [-0.05, 0) is 6.07 Å². The van der Waals surface area contributed by atoms with Crippen molar-refractivity contribution in [3.8, 4) is 6.07 Å². The van der Waals surface area contributed by atoms with Gasteiger partial charge in [0.1, 0.15) is 11.9 Å². The van der Waals surface area contributed by atoms with Crippen LogP contribution in [0.1, 0.15) is 19.4 Å². The second kappa shape index (κ2) is 5.37. The van der Waals surface area contributed by atoms with Gasteiger partial charge < -0.3 is 5.11 Å². The molecule has 6 heteroatoms. The van der Waals surface area contributed by atoms with Crippen molar-refractivity contribution in [2.75, 3.05) is 5.32 Å². The minimum absolute atomic E-state index is 0.231. The molecular formula is C10H11N3O2S. The number of rotatable bonds is 3. The summed E-state index contributed by atoms with van der Waals surface area (Å²) in [7, 11) is 0. The van der Waals surface area contributed by atoms with Crippen LogP contribution >= 0.6 is 11.8 Å². The van der Waals surface area contributed by atoms with E-state index in [-0.39, 0.29) is 5.82 Å². The lowest BCUT2D eigenvalue weighted by molar-refractivity contribution is 0.209. The first kappa shape index (κ1) is 12.3. The van der Waals surface area contributed by atoms with Gasteiger partial charge in [0.2, 0.25) is 0 Å². The average molecular weight is 237 g/mol. The molecule has 0 spiro atoms. The van der Waals surface area contributed by atoms with Crippen molar-refractivity contribution in [1.82, 2.24) is 4.98 Å². The zero-order chi connectivity index (χ0) is 12.1. The third-order valence-electron chi connectivity index (χ3n) is 1.58. The van der Waals surface area contributed by atoms with Crippen molar-refractivity contribution in [2.45, 2.75) is 24.0 Å². The predicted molar refractivity (Wildman–Crippen MR) is 61.6 cm³/mol. The molecule has 1 aromatic heterocycles. The summed E-state index contributed by atoms with van der Waals surface area (Å²) in [5, 5.41) is 19.9. The van der Waals surface area contributed by atoms with Gasteiger partial charge in [0.05, 0.1) is 5.56 Å². The molecule has 0 unspecified atom stereocenters. The van der Waals surface area contributed by atoms with E-state index in [1.54, 1.807) is 6.07 Å². The number of hydrogen-bond donors (Lipinski definition) is 2. The predicted octanol–water partition coefficient (Wildman–Crippen LogP) is 2.54. The van der Waals surface area contributed by atoms with Crippen molar-refractivity contribution in [1.29, 1.82) is 5.26 Å². The highest BCUT2D eigenvalue weighted by molar-refractivity contribution is 8.00. The van der Waals surface area contributed by atoms with Crippen LogP contribution in [0.3, 0.4) is 0 Å². The van der Waals surface area contributed by atoms with E-state index in [9.17, 15) is 4.79 Å². The van der Waals surface area contributed by atoms with Crippen LogP contribution in [0.4, 0.5) is 10.6 Å². The van der Waals surface area contributed by atoms with E-state index < -0.39 is 6.09 Å². The third kappa shape index (κ3) is 3.44. The minimum atomic E-state index is -1.17. The number of hydrogen-bond acceptors (Lipinski definition) is 4. The number of amides is 1. The Bertz CT molecular complexity index is 440. The van der Waals surface area contributed by atoms with Crippen molar-refractivity contribution in [3.05, 3.63) is 17.8 Å². The monoisotopic (exact) mass is 237 g/mol. The van der Waals surface area contributed by atoms with E-state index in [2.05, 4.69) is 10.3 Å². The van der Waals surface area contributed by atoms with E-state index in [1.807, 2.05) is 19.9 Å². The summed E-state index contributed by atoms with van der Waals surface area (Å²) in [4.78, 5) is 15.0. The van der Waals surface area contributed by atoms with Crippen molar-refractivity contribution < 1.29 is 9.90 Å². The molecule has 1 rings (SSSR count). The summed E-state index contributed by atoms with van der Waals surface area (Å²) in [6.07, 6.45) is 0.202. The van der Waals surface area contributed by atoms with Crippen LogP contribution in [0.25, 0.3) is 0 Å². The summed E-state index contributed by atoms with van der Waals surface area (Å²) in [6.45, 7) is 3.99. The third-order valence-corrected chi connectivity index (χ3v) is 2.65. The topological polar surface area (TPSA) is 86.0 Å². The molecular weight excluding hydrogens is 226 g/mol. The zero-order valence-electron chi connectivity index (χ0n) is 8.89. The molecule has 1 aromatic rings. The van der Waals surface area contributed by atoms with Crippen molar-refractivity contribution >= 4 is 23.7 Å². The molecule has 84 valence electrons. The fourth-order valence-electron chi connectivity index (χ4n) is 1.05. The highest BCUT2D eigenvalue weighted by Crippen LogP contribution is 2.27. The van der Waals surface area contributed by atoms with E-state index in [1.165, 1.54) is 18.0 Å². The molecule has 0 bridgehead atoms. The zero-order valence-corrected chi connectivity index (χ0v) is 9.71. The second-order valence-corrected chi connectivity index (χ2v) is 4.89. The van der Waals surface area contributed by atoms with Gasteiger partial charge in [0.15, 0.2) is 0 Å². The van der Waals surface area contributed by atoms with Crippen LogP contribution in [0.2, 0.25) is 0 Å². The number of anilines is 1. The van der Waals surface area contributed by atoms with Gasteiger partial charge in [-0.25, -0.2) is 9.78 Å². The Balaban J connectivity index is 3.02. The lowest BCUT2D eigenvalue weighted by Crippen LogP contribution is -2.09. The van der Waals surface area contributed by atoms with Gasteiger partial charge in [-0.2, -0.15) is 5.26 Å². The summed E-state index contributed by atoms with van der Waals surface area (Å²) >= 11 is 1.50. The normalized spacial score (nSPS) is 9.88. The van der Waals surface area contributed by atoms with E-state index in [4.69, 9.17) is 10.4 Å². The minimum Gasteiger partial charge on any atom is -0.465 e. The highest BCUT2D eigenvalue weighted by Gasteiger charge is 2.08. The first-order chi connectivity index (χ1) is 7.52. The van der Waals surface area contributed by atoms with Crippen LogP contribution < -0.4 is 5.32 Å². The Kier molecular flexibility index (Phi) is 4.14. The van der Waals surface area contributed by atoms with Crippen LogP contribution in [-0.2, 0) is 0 Å². The van der Waals surface area contributed by atoms with Gasteiger partial charge >= 0.3 is 6.09 Å². The van der Waals surface area contributed by atoms with E-state index in [0.717, 1.165) is 4.90 Å². The van der Waals surface area contributed by atoms with Gasteiger partial charge in [-0.15, -0.1) is 11.8 Å². The lowest BCUT2D eigenvalue weighted by atomic mass is 10.3. The van der Waals surface area contributed by atoms with E-state index >= 15 is 0 Å². The quantitative estimate of drug-likeness (QED) is 0.789. The van der Waals surface area contributed by atoms with Crippen LogP contribution in [-0.4, -0.2) is 21.4 Å². The maximum absolute atomic E-state index is 10.4. The van der Waals surface area contributed by atoms with Gasteiger partial charge in [-0.3, -0.25) is 5.32 Å². The first-order valence-electron chi connectivity index (χ1n) is 4.59. The number of nitrogens with zero attached hydrogens (tertiary/aromatic N) is 2. The Morgan fingerprint density at radius 1 is 1.69 bits per heavy atom. The number of nitriles is 1. The number of pyridine rings is 1. The number of carboxylic acid groups (broad SMARTS) is 1. The molecule has 16 heavy (non-hydrogen) atoms. The molecule has 0 aliphatic rings. The maximum atomic E-state index is 10.4. The van der Waals surface area contributed by atoms with Crippen molar-refractivity contribution in [3.63, 3.8) is 0 Å². The number of aromatic nitrogens is 1. The Morgan fingerprint density at radius 2 is 2.38 bits per heavy atom. The molecule has 0 saturated heterocycles. The molecule has 0 saturated carbocycles. The Morgan fingerprint density at radius 3 is 2.88 bits per heavy atom. The smallest absolute Gasteiger partial charge is 0.410 e. The summed E-state index contributed by atoms with van der Waals surface area (Å²) in [6, 6.07) is 3.59. The molecule has 0 aromatic carbocycles. The number of nitrogens with one attached hydrogen (secondary N) is 1. The number of carbonyl (C=O) groups is 1. The van der Waals surface area contributed by atoms with Gasteiger partial charge in [0.25, 0.3) is 0 Å². The second-order valence-electron chi connectivity index (χ2n) is 3.27. The highest BCUT2D eigenvalue weighted by atomic mass is 32.2. The largest absolute Gasteiger partial charge is 0.465 e. The van der Waals surface area contributed by atoms with E-state index in [0.29, 0.717) is 10.8 Å². The molecule has 0 radical (unpaired) electrons.